The lowest BCUT2D eigenvalue weighted by atomic mass is 9.91. The van der Waals surface area contributed by atoms with Gasteiger partial charge in [-0.15, -0.1) is 0 Å². The first kappa shape index (κ1) is 19.9. The van der Waals surface area contributed by atoms with Gasteiger partial charge in [-0.1, -0.05) is 40.5 Å². The smallest absolute Gasteiger partial charge is 0.306 e. The Labute approximate surface area is 129 Å². The predicted molar refractivity (Wildman–Crippen MR) is 83.9 cm³/mol. The van der Waals surface area contributed by atoms with E-state index in [9.17, 15) is 9.59 Å². The van der Waals surface area contributed by atoms with Crippen LogP contribution >= 0.6 is 0 Å². The zero-order chi connectivity index (χ0) is 16.1. The Balaban J connectivity index is 4.18. The van der Waals surface area contributed by atoms with Gasteiger partial charge in [0.15, 0.2) is 0 Å². The summed E-state index contributed by atoms with van der Waals surface area (Å²) >= 11 is 0. The average molecular weight is 300 g/mol. The van der Waals surface area contributed by atoms with Crippen molar-refractivity contribution in [1.82, 2.24) is 0 Å². The van der Waals surface area contributed by atoms with Crippen LogP contribution in [0.3, 0.4) is 0 Å². The lowest BCUT2D eigenvalue weighted by Gasteiger charge is -2.17. The third kappa shape index (κ3) is 12.4. The number of hydrogen-bond acceptors (Lipinski definition) is 4. The summed E-state index contributed by atoms with van der Waals surface area (Å²) in [7, 11) is 0. The van der Waals surface area contributed by atoms with E-state index in [0.717, 1.165) is 32.1 Å². The summed E-state index contributed by atoms with van der Waals surface area (Å²) in [5.41, 5.74) is 0. The summed E-state index contributed by atoms with van der Waals surface area (Å²) in [4.78, 5) is 23.6. The van der Waals surface area contributed by atoms with Crippen molar-refractivity contribution in [3.05, 3.63) is 0 Å². The lowest BCUT2D eigenvalue weighted by molar-refractivity contribution is -0.147. The fourth-order valence-corrected chi connectivity index (χ4v) is 2.16. The van der Waals surface area contributed by atoms with E-state index >= 15 is 0 Å². The minimum absolute atomic E-state index is 0.0215. The number of esters is 2. The molecule has 0 spiro atoms. The summed E-state index contributed by atoms with van der Waals surface area (Å²) < 4.78 is 10.4. The largest absolute Gasteiger partial charge is 0.466 e. The maximum absolute atomic E-state index is 11.8. The van der Waals surface area contributed by atoms with Crippen molar-refractivity contribution in [2.75, 3.05) is 13.2 Å². The van der Waals surface area contributed by atoms with E-state index in [1.165, 1.54) is 0 Å². The number of carbonyl (C=O) groups excluding carboxylic acids is 2. The topological polar surface area (TPSA) is 52.6 Å². The number of unbranched alkanes of at least 4 members (excludes halogenated alkanes) is 2. The second-order valence-corrected chi connectivity index (χ2v) is 6.05. The Hall–Kier alpha value is -1.06. The van der Waals surface area contributed by atoms with E-state index in [1.54, 1.807) is 0 Å². The number of rotatable bonds is 12. The van der Waals surface area contributed by atoms with Gasteiger partial charge in [0.05, 0.1) is 13.2 Å². The van der Waals surface area contributed by atoms with Gasteiger partial charge in [-0.3, -0.25) is 9.59 Å². The van der Waals surface area contributed by atoms with E-state index < -0.39 is 0 Å². The molecule has 0 aliphatic carbocycles. The van der Waals surface area contributed by atoms with Crippen LogP contribution < -0.4 is 0 Å². The van der Waals surface area contributed by atoms with Gasteiger partial charge in [0.1, 0.15) is 0 Å². The molecule has 4 nitrogen and oxygen atoms in total. The minimum atomic E-state index is -0.199. The molecule has 0 aliphatic heterocycles. The molecule has 4 heteroatoms. The van der Waals surface area contributed by atoms with Crippen molar-refractivity contribution >= 4 is 11.9 Å². The van der Waals surface area contributed by atoms with E-state index in [-0.39, 0.29) is 17.9 Å². The average Bonchev–Trinajstić information content (AvgIpc) is 2.38. The monoisotopic (exact) mass is 300 g/mol. The fraction of sp³-hybridized carbons (Fsp3) is 0.882. The molecule has 0 amide bonds. The van der Waals surface area contributed by atoms with E-state index in [2.05, 4.69) is 27.7 Å². The highest BCUT2D eigenvalue weighted by molar-refractivity contribution is 5.73. The Kier molecular flexibility index (Phi) is 12.0. The molecule has 0 unspecified atom stereocenters. The summed E-state index contributed by atoms with van der Waals surface area (Å²) in [5.74, 6) is 0.0704. The molecule has 0 rings (SSSR count). The molecule has 0 aliphatic rings. The van der Waals surface area contributed by atoms with Gasteiger partial charge < -0.3 is 9.47 Å². The van der Waals surface area contributed by atoms with Crippen LogP contribution in [-0.2, 0) is 19.1 Å². The van der Waals surface area contributed by atoms with Crippen LogP contribution in [0.15, 0.2) is 0 Å². The van der Waals surface area contributed by atoms with E-state index in [0.29, 0.717) is 32.0 Å². The molecule has 0 radical (unpaired) electrons. The Morgan fingerprint density at radius 1 is 0.857 bits per heavy atom. The summed E-state index contributed by atoms with van der Waals surface area (Å²) in [6.07, 6.45) is 5.25. The van der Waals surface area contributed by atoms with Crippen molar-refractivity contribution in [3.63, 3.8) is 0 Å². The van der Waals surface area contributed by atoms with Gasteiger partial charge >= 0.3 is 11.9 Å². The molecule has 0 aromatic rings. The zero-order valence-electron chi connectivity index (χ0n) is 14.2. The van der Waals surface area contributed by atoms with Crippen LogP contribution in [0.5, 0.6) is 0 Å². The van der Waals surface area contributed by atoms with Gasteiger partial charge in [-0.2, -0.15) is 0 Å². The molecule has 0 heterocycles. The van der Waals surface area contributed by atoms with Crippen LogP contribution in [0.25, 0.3) is 0 Å². The van der Waals surface area contributed by atoms with Gasteiger partial charge in [0.25, 0.3) is 0 Å². The fourth-order valence-electron chi connectivity index (χ4n) is 2.16. The molecule has 0 aromatic heterocycles. The second-order valence-electron chi connectivity index (χ2n) is 6.05. The van der Waals surface area contributed by atoms with Crippen LogP contribution in [0.2, 0.25) is 0 Å². The molecule has 0 saturated carbocycles. The Morgan fingerprint density at radius 3 is 1.62 bits per heavy atom. The first-order chi connectivity index (χ1) is 9.99. The van der Waals surface area contributed by atoms with Crippen LogP contribution in [0.1, 0.15) is 72.6 Å². The van der Waals surface area contributed by atoms with Crippen molar-refractivity contribution < 1.29 is 19.1 Å². The van der Waals surface area contributed by atoms with Crippen LogP contribution in [0, 0.1) is 11.8 Å². The van der Waals surface area contributed by atoms with Gasteiger partial charge in [0.2, 0.25) is 0 Å². The predicted octanol–water partition coefficient (Wildman–Crippen LogP) is 4.12. The second kappa shape index (κ2) is 12.7. The quantitative estimate of drug-likeness (QED) is 0.402. The van der Waals surface area contributed by atoms with Gasteiger partial charge in [0, 0.05) is 12.8 Å². The van der Waals surface area contributed by atoms with Crippen molar-refractivity contribution in [3.8, 4) is 0 Å². The molecule has 21 heavy (non-hydrogen) atoms. The van der Waals surface area contributed by atoms with Crippen molar-refractivity contribution in [1.29, 1.82) is 0 Å². The third-order valence-electron chi connectivity index (χ3n) is 3.24. The molecular formula is C17H32O4. The molecule has 0 N–H and O–H groups in total. The summed E-state index contributed by atoms with van der Waals surface area (Å²) in [5, 5.41) is 0. The highest BCUT2D eigenvalue weighted by Gasteiger charge is 2.20. The molecule has 0 saturated heterocycles. The number of hydrogen-bond donors (Lipinski definition) is 0. The number of ether oxygens (including phenoxy) is 2. The SMILES string of the molecule is CCCCOC(=O)CC(CC(=O)OCCCC)CC(C)C. The molecule has 0 aromatic carbocycles. The van der Waals surface area contributed by atoms with Crippen LogP contribution in [0.4, 0.5) is 0 Å². The number of carbonyl (C=O) groups is 2. The minimum Gasteiger partial charge on any atom is -0.466 e. The third-order valence-corrected chi connectivity index (χ3v) is 3.24. The standard InChI is InChI=1S/C17H32O4/c1-5-7-9-20-16(18)12-15(11-14(3)4)13-17(19)21-10-8-6-2/h14-15H,5-13H2,1-4H3. The van der Waals surface area contributed by atoms with E-state index in [4.69, 9.17) is 9.47 Å². The zero-order valence-corrected chi connectivity index (χ0v) is 14.2. The molecule has 124 valence electrons. The highest BCUT2D eigenvalue weighted by Crippen LogP contribution is 2.20. The van der Waals surface area contributed by atoms with Crippen molar-refractivity contribution in [2.45, 2.75) is 72.6 Å². The summed E-state index contributed by atoms with van der Waals surface area (Å²) in [6.45, 7) is 9.26. The Morgan fingerprint density at radius 2 is 1.29 bits per heavy atom. The van der Waals surface area contributed by atoms with Gasteiger partial charge in [-0.05, 0) is 31.1 Å². The molecular weight excluding hydrogens is 268 g/mol. The lowest BCUT2D eigenvalue weighted by Crippen LogP contribution is -2.19. The maximum atomic E-state index is 11.8. The first-order valence-corrected chi connectivity index (χ1v) is 8.30. The van der Waals surface area contributed by atoms with Crippen molar-refractivity contribution in [2.24, 2.45) is 11.8 Å². The molecule has 0 fully saturated rings. The van der Waals surface area contributed by atoms with Crippen LogP contribution in [-0.4, -0.2) is 25.2 Å². The first-order valence-electron chi connectivity index (χ1n) is 8.30. The molecule has 0 atom stereocenters. The maximum Gasteiger partial charge on any atom is 0.306 e. The molecule has 0 bridgehead atoms. The Bertz CT molecular complexity index is 263. The van der Waals surface area contributed by atoms with E-state index in [1.807, 2.05) is 0 Å². The van der Waals surface area contributed by atoms with Gasteiger partial charge in [-0.25, -0.2) is 0 Å². The highest BCUT2D eigenvalue weighted by atomic mass is 16.5. The normalized spacial score (nSPS) is 11.0. The summed E-state index contributed by atoms with van der Waals surface area (Å²) in [6, 6.07) is 0.